The Kier molecular flexibility index (Phi) is 4.56. The second-order valence-corrected chi connectivity index (χ2v) is 7.55. The van der Waals surface area contributed by atoms with E-state index in [4.69, 9.17) is 0 Å². The molecule has 1 aliphatic rings. The maximum Gasteiger partial charge on any atom is 0.259 e. The van der Waals surface area contributed by atoms with E-state index in [0.717, 1.165) is 18.7 Å². The molecule has 1 aliphatic carbocycles. The summed E-state index contributed by atoms with van der Waals surface area (Å²) in [4.78, 5) is 16.4. The van der Waals surface area contributed by atoms with Crippen LogP contribution in [0, 0.1) is 5.41 Å². The lowest BCUT2D eigenvalue weighted by atomic mass is 9.75. The highest BCUT2D eigenvalue weighted by Gasteiger charge is 2.26. The van der Waals surface area contributed by atoms with E-state index < -0.39 is 0 Å². The van der Waals surface area contributed by atoms with Crippen molar-refractivity contribution in [2.24, 2.45) is 5.41 Å². The zero-order valence-corrected chi connectivity index (χ0v) is 14.2. The van der Waals surface area contributed by atoms with Gasteiger partial charge in [-0.1, -0.05) is 25.2 Å². The Morgan fingerprint density at radius 2 is 2.09 bits per heavy atom. The number of pyridine rings is 1. The molecule has 7 heteroatoms. The number of carbonyl (C=O) groups excluding carboxylic acids is 1. The molecule has 2 N–H and O–H groups in total. The Hall–Kier alpha value is -2.02. The van der Waals surface area contributed by atoms with Crippen LogP contribution in [0.3, 0.4) is 0 Å². The van der Waals surface area contributed by atoms with Crippen molar-refractivity contribution in [1.29, 1.82) is 0 Å². The van der Waals surface area contributed by atoms with Gasteiger partial charge in [0.05, 0.1) is 5.56 Å². The van der Waals surface area contributed by atoms with E-state index in [9.17, 15) is 4.79 Å². The van der Waals surface area contributed by atoms with E-state index in [2.05, 4.69) is 39.7 Å². The zero-order chi connectivity index (χ0) is 16.3. The van der Waals surface area contributed by atoms with Crippen molar-refractivity contribution in [3.05, 3.63) is 29.4 Å². The predicted octanol–water partition coefficient (Wildman–Crippen LogP) is 3.57. The summed E-state index contributed by atoms with van der Waals surface area (Å²) in [5.74, 6) is 0.599. The molecule has 0 aliphatic heterocycles. The molecule has 3 rings (SSSR count). The van der Waals surface area contributed by atoms with Gasteiger partial charge in [-0.15, -0.1) is 10.2 Å². The van der Waals surface area contributed by atoms with Crippen LogP contribution < -0.4 is 10.6 Å². The first-order valence-corrected chi connectivity index (χ1v) is 8.70. The summed E-state index contributed by atoms with van der Waals surface area (Å²) in [7, 11) is 0. The molecule has 122 valence electrons. The van der Waals surface area contributed by atoms with Crippen LogP contribution in [0.2, 0.25) is 0 Å². The minimum absolute atomic E-state index is 0.222. The van der Waals surface area contributed by atoms with Gasteiger partial charge in [0.15, 0.2) is 0 Å². The number of nitrogens with one attached hydrogen (secondary N) is 2. The Bertz CT molecular complexity index is 644. The second-order valence-electron chi connectivity index (χ2n) is 6.71. The zero-order valence-electron chi connectivity index (χ0n) is 13.4. The third kappa shape index (κ3) is 4.25. The second kappa shape index (κ2) is 6.62. The Balaban J connectivity index is 1.56. The van der Waals surface area contributed by atoms with Gasteiger partial charge in [0.25, 0.3) is 5.91 Å². The number of anilines is 2. The molecule has 0 unspecified atom stereocenters. The van der Waals surface area contributed by atoms with Crippen molar-refractivity contribution < 1.29 is 4.79 Å². The minimum atomic E-state index is -0.222. The van der Waals surface area contributed by atoms with Crippen molar-refractivity contribution >= 4 is 28.2 Å². The Morgan fingerprint density at radius 1 is 1.30 bits per heavy atom. The number of amides is 1. The predicted molar refractivity (Wildman–Crippen MR) is 91.8 cm³/mol. The third-order valence-corrected chi connectivity index (χ3v) is 4.90. The van der Waals surface area contributed by atoms with Crippen molar-refractivity contribution in [3.8, 4) is 0 Å². The highest BCUT2D eigenvalue weighted by Crippen LogP contribution is 2.35. The summed E-state index contributed by atoms with van der Waals surface area (Å²) in [5.41, 5.74) is 2.54. The van der Waals surface area contributed by atoms with E-state index >= 15 is 0 Å². The van der Waals surface area contributed by atoms with Crippen LogP contribution >= 0.6 is 11.3 Å². The van der Waals surface area contributed by atoms with Crippen molar-refractivity contribution in [2.45, 2.75) is 45.6 Å². The van der Waals surface area contributed by atoms with E-state index in [1.165, 1.54) is 24.2 Å². The number of rotatable bonds is 4. The summed E-state index contributed by atoms with van der Waals surface area (Å²) in [6, 6.07) is 4.10. The van der Waals surface area contributed by atoms with Gasteiger partial charge in [-0.3, -0.25) is 10.1 Å². The molecule has 2 aromatic heterocycles. The van der Waals surface area contributed by atoms with Crippen LogP contribution in [-0.4, -0.2) is 27.1 Å². The van der Waals surface area contributed by atoms with Gasteiger partial charge in [0.1, 0.15) is 11.3 Å². The summed E-state index contributed by atoms with van der Waals surface area (Å²) in [5, 5.41) is 14.1. The van der Waals surface area contributed by atoms with E-state index in [-0.39, 0.29) is 5.91 Å². The average Bonchev–Trinajstić information content (AvgIpc) is 3.03. The van der Waals surface area contributed by atoms with Crippen LogP contribution in [0.5, 0.6) is 0 Å². The van der Waals surface area contributed by atoms with Crippen LogP contribution in [0.15, 0.2) is 23.8 Å². The van der Waals surface area contributed by atoms with Crippen molar-refractivity contribution in [2.75, 3.05) is 10.6 Å². The third-order valence-electron chi connectivity index (χ3n) is 4.30. The molecule has 2 aromatic rings. The van der Waals surface area contributed by atoms with Gasteiger partial charge in [0.2, 0.25) is 5.13 Å². The fourth-order valence-electron chi connectivity index (χ4n) is 2.76. The average molecular weight is 331 g/mol. The van der Waals surface area contributed by atoms with Crippen molar-refractivity contribution in [3.63, 3.8) is 0 Å². The molecular formula is C16H21N5OS. The summed E-state index contributed by atoms with van der Waals surface area (Å²) >= 11 is 1.29. The molecule has 2 heterocycles. The lowest BCUT2D eigenvalue weighted by Crippen LogP contribution is -2.30. The van der Waals surface area contributed by atoms with Crippen molar-refractivity contribution in [1.82, 2.24) is 15.2 Å². The van der Waals surface area contributed by atoms with Gasteiger partial charge < -0.3 is 5.32 Å². The number of carbonyl (C=O) groups is 1. The summed E-state index contributed by atoms with van der Waals surface area (Å²) in [6.07, 6.45) is 6.37. The molecule has 0 saturated heterocycles. The molecule has 23 heavy (non-hydrogen) atoms. The van der Waals surface area contributed by atoms with Gasteiger partial charge in [0, 0.05) is 12.2 Å². The maximum absolute atomic E-state index is 12.1. The van der Waals surface area contributed by atoms with Crippen LogP contribution in [-0.2, 0) is 0 Å². The number of hydrogen-bond acceptors (Lipinski definition) is 6. The molecule has 0 radical (unpaired) electrons. The van der Waals surface area contributed by atoms with Gasteiger partial charge in [-0.05, 0) is 43.2 Å². The Morgan fingerprint density at radius 3 is 2.70 bits per heavy atom. The van der Waals surface area contributed by atoms with Crippen LogP contribution in [0.4, 0.5) is 10.9 Å². The minimum Gasteiger partial charge on any atom is -0.367 e. The fourth-order valence-corrected chi connectivity index (χ4v) is 3.20. The van der Waals surface area contributed by atoms with E-state index in [1.54, 1.807) is 17.8 Å². The molecule has 0 bridgehead atoms. The van der Waals surface area contributed by atoms with E-state index in [0.29, 0.717) is 22.2 Å². The highest BCUT2D eigenvalue weighted by atomic mass is 32.1. The van der Waals surface area contributed by atoms with Gasteiger partial charge >= 0.3 is 0 Å². The highest BCUT2D eigenvalue weighted by molar-refractivity contribution is 7.13. The smallest absolute Gasteiger partial charge is 0.259 e. The standard InChI is InChI=1S/C16H21N5OS/c1-16(2)7-5-12(6-8-16)19-13-4-3-11(9-17-13)14(22)20-15-21-18-10-23-15/h3-4,9-10,12H,5-8H2,1-2H3,(H,17,19)(H,20,21,22). The first-order valence-electron chi connectivity index (χ1n) is 7.82. The monoisotopic (exact) mass is 331 g/mol. The molecular weight excluding hydrogens is 310 g/mol. The summed E-state index contributed by atoms with van der Waals surface area (Å²) in [6.45, 7) is 4.65. The summed E-state index contributed by atoms with van der Waals surface area (Å²) < 4.78 is 0. The lowest BCUT2D eigenvalue weighted by Gasteiger charge is -2.34. The Labute approximate surface area is 139 Å². The number of hydrogen-bond donors (Lipinski definition) is 2. The SMILES string of the molecule is CC1(C)CCC(Nc2ccc(C(=O)Nc3nncs3)cn2)CC1. The molecule has 1 amide bonds. The number of aromatic nitrogens is 3. The van der Waals surface area contributed by atoms with Gasteiger partial charge in [-0.2, -0.15) is 0 Å². The topological polar surface area (TPSA) is 79.8 Å². The maximum atomic E-state index is 12.1. The number of nitrogens with zero attached hydrogens (tertiary/aromatic N) is 3. The first-order chi connectivity index (χ1) is 11.0. The van der Waals surface area contributed by atoms with Gasteiger partial charge in [-0.25, -0.2) is 4.98 Å². The molecule has 1 fully saturated rings. The molecule has 0 atom stereocenters. The largest absolute Gasteiger partial charge is 0.367 e. The quantitative estimate of drug-likeness (QED) is 0.895. The molecule has 0 spiro atoms. The first kappa shape index (κ1) is 15.9. The molecule has 1 saturated carbocycles. The normalized spacial score (nSPS) is 17.7. The molecule has 6 nitrogen and oxygen atoms in total. The van der Waals surface area contributed by atoms with Crippen LogP contribution in [0.1, 0.15) is 49.9 Å². The van der Waals surface area contributed by atoms with Crippen LogP contribution in [0.25, 0.3) is 0 Å². The molecule has 0 aromatic carbocycles. The fraction of sp³-hybridized carbons (Fsp3) is 0.500. The lowest BCUT2D eigenvalue weighted by molar-refractivity contribution is 0.102. The van der Waals surface area contributed by atoms with E-state index in [1.807, 2.05) is 6.07 Å².